The van der Waals surface area contributed by atoms with Crippen molar-refractivity contribution in [1.29, 1.82) is 0 Å². The van der Waals surface area contributed by atoms with Crippen molar-refractivity contribution in [2.75, 3.05) is 0 Å². The second-order valence-electron chi connectivity index (χ2n) is 4.22. The van der Waals surface area contributed by atoms with Gasteiger partial charge in [0.05, 0.1) is 0 Å². The van der Waals surface area contributed by atoms with Crippen LogP contribution in [-0.4, -0.2) is 4.75 Å². The quantitative estimate of drug-likeness (QED) is 0.654. The Labute approximate surface area is 90.4 Å². The largest absolute Gasteiger partial charge is 0.115 e. The normalized spacial score (nSPS) is 18.6. The van der Waals surface area contributed by atoms with Gasteiger partial charge in [0.15, 0.2) is 0 Å². The van der Waals surface area contributed by atoms with Crippen LogP contribution in [0.3, 0.4) is 0 Å². The van der Waals surface area contributed by atoms with Crippen LogP contribution in [0.15, 0.2) is 35.2 Å². The molecule has 0 atom stereocenters. The lowest BCUT2D eigenvalue weighted by atomic mass is 9.98. The summed E-state index contributed by atoms with van der Waals surface area (Å²) < 4.78 is 0.250. The molecule has 0 nitrogen and oxygen atoms in total. The van der Waals surface area contributed by atoms with Gasteiger partial charge >= 0.3 is 0 Å². The molecule has 0 aromatic heterocycles. The molecule has 0 saturated carbocycles. The summed E-state index contributed by atoms with van der Waals surface area (Å²) in [5, 5.41) is 0. The maximum absolute atomic E-state index is 2.40. The summed E-state index contributed by atoms with van der Waals surface area (Å²) in [6.45, 7) is 6.79. The minimum Gasteiger partial charge on any atom is -0.115 e. The first-order valence-corrected chi connectivity index (χ1v) is 5.94. The molecular formula is C13H16S. The molecule has 1 aliphatic heterocycles. The number of rotatable bonds is 1. The van der Waals surface area contributed by atoms with Gasteiger partial charge in [0, 0.05) is 9.64 Å². The van der Waals surface area contributed by atoms with Gasteiger partial charge in [-0.2, -0.15) is 0 Å². The van der Waals surface area contributed by atoms with Crippen molar-refractivity contribution in [2.45, 2.75) is 36.8 Å². The molecule has 0 spiro atoms. The van der Waals surface area contributed by atoms with Gasteiger partial charge in [-0.15, -0.1) is 11.8 Å². The van der Waals surface area contributed by atoms with E-state index in [1.165, 1.54) is 16.0 Å². The van der Waals surface area contributed by atoms with Crippen LogP contribution in [-0.2, 0) is 0 Å². The maximum atomic E-state index is 2.40. The van der Waals surface area contributed by atoms with Crippen LogP contribution < -0.4 is 0 Å². The zero-order valence-electron chi connectivity index (χ0n) is 9.00. The summed E-state index contributed by atoms with van der Waals surface area (Å²) in [6.07, 6.45) is 3.53. The Balaban J connectivity index is 2.53. The van der Waals surface area contributed by atoms with Crippen LogP contribution in [0.1, 0.15) is 32.8 Å². The van der Waals surface area contributed by atoms with E-state index in [-0.39, 0.29) is 4.75 Å². The predicted octanol–water partition coefficient (Wildman–Crippen LogP) is 4.36. The van der Waals surface area contributed by atoms with Crippen molar-refractivity contribution in [3.8, 4) is 0 Å². The molecule has 0 N–H and O–H groups in total. The zero-order valence-corrected chi connectivity index (χ0v) is 9.82. The maximum Gasteiger partial charge on any atom is 0.0335 e. The van der Waals surface area contributed by atoms with Gasteiger partial charge < -0.3 is 0 Å². The van der Waals surface area contributed by atoms with Gasteiger partial charge in [0.25, 0.3) is 0 Å². The summed E-state index contributed by atoms with van der Waals surface area (Å²) in [5.41, 5.74) is 2.92. The summed E-state index contributed by atoms with van der Waals surface area (Å²) in [5.74, 6) is 0. The topological polar surface area (TPSA) is 0 Å². The van der Waals surface area contributed by atoms with E-state index in [2.05, 4.69) is 51.1 Å². The lowest BCUT2D eigenvalue weighted by Gasteiger charge is -2.28. The summed E-state index contributed by atoms with van der Waals surface area (Å²) in [4.78, 5) is 1.43. The highest BCUT2D eigenvalue weighted by atomic mass is 32.2. The highest BCUT2D eigenvalue weighted by Gasteiger charge is 2.24. The van der Waals surface area contributed by atoms with Crippen LogP contribution in [0.25, 0.3) is 5.57 Å². The van der Waals surface area contributed by atoms with Gasteiger partial charge in [0.2, 0.25) is 0 Å². The number of hydrogen-bond donors (Lipinski definition) is 0. The third kappa shape index (κ3) is 1.74. The number of benzene rings is 1. The molecule has 2 rings (SSSR count). The molecule has 74 valence electrons. The Hall–Kier alpha value is -0.690. The number of hydrogen-bond acceptors (Lipinski definition) is 1. The number of thioether (sulfide) groups is 1. The fraction of sp³-hybridized carbons (Fsp3) is 0.385. The van der Waals surface area contributed by atoms with Crippen LogP contribution in [0, 0.1) is 0 Å². The molecule has 1 aromatic carbocycles. The number of allylic oxidation sites excluding steroid dienone is 1. The zero-order chi connectivity index (χ0) is 10.2. The second kappa shape index (κ2) is 3.47. The number of fused-ring (bicyclic) bond motifs is 1. The Morgan fingerprint density at radius 2 is 1.93 bits per heavy atom. The Morgan fingerprint density at radius 1 is 1.21 bits per heavy atom. The molecule has 1 aromatic rings. The van der Waals surface area contributed by atoms with Crippen molar-refractivity contribution in [3.05, 3.63) is 35.9 Å². The monoisotopic (exact) mass is 204 g/mol. The van der Waals surface area contributed by atoms with Gasteiger partial charge in [-0.3, -0.25) is 0 Å². The standard InChI is InChI=1S/C13H16S/c1-4-10-9-13(2,3)14-12-8-6-5-7-11(10)12/h5-9H,4H2,1-3H3. The van der Waals surface area contributed by atoms with Gasteiger partial charge in [-0.05, 0) is 37.5 Å². The first kappa shape index (κ1) is 9.85. The first-order valence-electron chi connectivity index (χ1n) is 5.12. The fourth-order valence-electron chi connectivity index (χ4n) is 1.92. The van der Waals surface area contributed by atoms with Crippen LogP contribution in [0.5, 0.6) is 0 Å². The van der Waals surface area contributed by atoms with Gasteiger partial charge in [-0.1, -0.05) is 31.2 Å². The van der Waals surface area contributed by atoms with Gasteiger partial charge in [-0.25, -0.2) is 0 Å². The SMILES string of the molecule is CCC1=CC(C)(C)Sc2ccccc21. The Bertz CT molecular complexity index is 375. The lowest BCUT2D eigenvalue weighted by Crippen LogP contribution is -2.15. The molecule has 0 radical (unpaired) electrons. The fourth-order valence-corrected chi connectivity index (χ4v) is 3.15. The highest BCUT2D eigenvalue weighted by Crippen LogP contribution is 2.44. The van der Waals surface area contributed by atoms with E-state index in [9.17, 15) is 0 Å². The molecule has 0 unspecified atom stereocenters. The molecule has 1 aliphatic rings. The minimum atomic E-state index is 0.250. The molecule has 0 bridgehead atoms. The van der Waals surface area contributed by atoms with E-state index < -0.39 is 0 Å². The Morgan fingerprint density at radius 3 is 2.64 bits per heavy atom. The van der Waals surface area contributed by atoms with Crippen molar-refractivity contribution in [2.24, 2.45) is 0 Å². The van der Waals surface area contributed by atoms with Crippen LogP contribution in [0.4, 0.5) is 0 Å². The molecule has 1 heterocycles. The van der Waals surface area contributed by atoms with Crippen LogP contribution in [0.2, 0.25) is 0 Å². The smallest absolute Gasteiger partial charge is 0.0335 e. The van der Waals surface area contributed by atoms with Crippen molar-refractivity contribution < 1.29 is 0 Å². The van der Waals surface area contributed by atoms with Crippen molar-refractivity contribution in [3.63, 3.8) is 0 Å². The summed E-state index contributed by atoms with van der Waals surface area (Å²) >= 11 is 1.96. The highest BCUT2D eigenvalue weighted by molar-refractivity contribution is 8.01. The minimum absolute atomic E-state index is 0.250. The molecule has 0 aliphatic carbocycles. The molecule has 0 saturated heterocycles. The second-order valence-corrected chi connectivity index (χ2v) is 5.92. The van der Waals surface area contributed by atoms with Gasteiger partial charge in [0.1, 0.15) is 0 Å². The molecule has 1 heteroatoms. The van der Waals surface area contributed by atoms with E-state index in [1.54, 1.807) is 0 Å². The van der Waals surface area contributed by atoms with E-state index >= 15 is 0 Å². The average Bonchev–Trinajstić information content (AvgIpc) is 2.15. The molecule has 14 heavy (non-hydrogen) atoms. The van der Waals surface area contributed by atoms with E-state index in [0.29, 0.717) is 0 Å². The predicted molar refractivity (Wildman–Crippen MR) is 64.6 cm³/mol. The summed E-state index contributed by atoms with van der Waals surface area (Å²) in [6, 6.07) is 8.71. The first-order chi connectivity index (χ1) is 6.62. The molecular weight excluding hydrogens is 188 g/mol. The summed E-state index contributed by atoms with van der Waals surface area (Å²) in [7, 11) is 0. The van der Waals surface area contributed by atoms with Crippen molar-refractivity contribution >= 4 is 17.3 Å². The Kier molecular flexibility index (Phi) is 2.44. The molecule has 0 amide bonds. The van der Waals surface area contributed by atoms with E-state index in [1.807, 2.05) is 11.8 Å². The molecule has 0 fully saturated rings. The third-order valence-electron chi connectivity index (χ3n) is 2.51. The lowest BCUT2D eigenvalue weighted by molar-refractivity contribution is 0.885. The van der Waals surface area contributed by atoms with Crippen molar-refractivity contribution in [1.82, 2.24) is 0 Å². The van der Waals surface area contributed by atoms with Crippen LogP contribution >= 0.6 is 11.8 Å². The van der Waals surface area contributed by atoms with E-state index in [0.717, 1.165) is 6.42 Å². The average molecular weight is 204 g/mol. The van der Waals surface area contributed by atoms with E-state index in [4.69, 9.17) is 0 Å². The third-order valence-corrected chi connectivity index (χ3v) is 3.73.